The molecule has 15 heavy (non-hydrogen) atoms. The highest BCUT2D eigenvalue weighted by Gasteiger charge is 2.37. The maximum Gasteiger partial charge on any atom is 0.226 e. The van der Waals surface area contributed by atoms with Crippen LogP contribution in [0.1, 0.15) is 39.5 Å². The zero-order valence-electron chi connectivity index (χ0n) is 9.88. The van der Waals surface area contributed by atoms with E-state index in [9.17, 15) is 4.79 Å². The number of piperazine rings is 1. The van der Waals surface area contributed by atoms with E-state index in [2.05, 4.69) is 24.1 Å². The third-order valence-corrected chi connectivity index (χ3v) is 3.77. The lowest BCUT2D eigenvalue weighted by Gasteiger charge is -2.44. The quantitative estimate of drug-likeness (QED) is 0.709. The first-order chi connectivity index (χ1) is 7.11. The van der Waals surface area contributed by atoms with E-state index in [0.29, 0.717) is 11.8 Å². The van der Waals surface area contributed by atoms with Gasteiger partial charge in [-0.05, 0) is 26.7 Å². The first kappa shape index (κ1) is 10.9. The topological polar surface area (TPSA) is 32.3 Å². The maximum absolute atomic E-state index is 12.3. The maximum atomic E-state index is 12.3. The molecule has 0 aromatic heterocycles. The lowest BCUT2D eigenvalue weighted by Crippen LogP contribution is -2.60. The van der Waals surface area contributed by atoms with Gasteiger partial charge in [0.25, 0.3) is 0 Å². The van der Waals surface area contributed by atoms with E-state index in [1.165, 1.54) is 12.8 Å². The molecule has 86 valence electrons. The highest BCUT2D eigenvalue weighted by atomic mass is 16.2. The standard InChI is InChI=1S/C12H22N2O/c1-12(2)9-13-7-8-14(12)11(15)10-5-3-4-6-10/h10,13H,3-9H2,1-2H3. The van der Waals surface area contributed by atoms with E-state index in [1.807, 2.05) is 0 Å². The first-order valence-electron chi connectivity index (χ1n) is 6.13. The molecule has 1 aliphatic carbocycles. The fraction of sp³-hybridized carbons (Fsp3) is 0.917. The molecule has 2 fully saturated rings. The summed E-state index contributed by atoms with van der Waals surface area (Å²) >= 11 is 0. The predicted octanol–water partition coefficient (Wildman–Crippen LogP) is 1.39. The third kappa shape index (κ3) is 2.17. The largest absolute Gasteiger partial charge is 0.335 e. The van der Waals surface area contributed by atoms with Crippen molar-refractivity contribution >= 4 is 5.91 Å². The van der Waals surface area contributed by atoms with Crippen molar-refractivity contribution in [2.75, 3.05) is 19.6 Å². The highest BCUT2D eigenvalue weighted by molar-refractivity contribution is 5.80. The van der Waals surface area contributed by atoms with Crippen LogP contribution in [0, 0.1) is 5.92 Å². The zero-order chi connectivity index (χ0) is 10.9. The van der Waals surface area contributed by atoms with Gasteiger partial charge in [0.05, 0.1) is 0 Å². The van der Waals surface area contributed by atoms with Crippen LogP contribution in [-0.4, -0.2) is 36.0 Å². The average Bonchev–Trinajstić information content (AvgIpc) is 2.69. The van der Waals surface area contributed by atoms with Crippen LogP contribution in [0.25, 0.3) is 0 Å². The van der Waals surface area contributed by atoms with Crippen molar-refractivity contribution in [3.63, 3.8) is 0 Å². The van der Waals surface area contributed by atoms with Gasteiger partial charge in [-0.2, -0.15) is 0 Å². The van der Waals surface area contributed by atoms with Gasteiger partial charge in [-0.25, -0.2) is 0 Å². The fourth-order valence-corrected chi connectivity index (χ4v) is 2.78. The molecule has 1 N–H and O–H groups in total. The molecule has 0 unspecified atom stereocenters. The Labute approximate surface area is 92.2 Å². The van der Waals surface area contributed by atoms with Gasteiger partial charge in [-0.15, -0.1) is 0 Å². The minimum absolute atomic E-state index is 0.00206. The average molecular weight is 210 g/mol. The van der Waals surface area contributed by atoms with E-state index < -0.39 is 0 Å². The monoisotopic (exact) mass is 210 g/mol. The summed E-state index contributed by atoms with van der Waals surface area (Å²) in [6.07, 6.45) is 4.70. The number of hydrogen-bond donors (Lipinski definition) is 1. The Kier molecular flexibility index (Phi) is 3.01. The minimum Gasteiger partial charge on any atom is -0.335 e. The van der Waals surface area contributed by atoms with E-state index >= 15 is 0 Å². The summed E-state index contributed by atoms with van der Waals surface area (Å²) in [6, 6.07) is 0. The summed E-state index contributed by atoms with van der Waals surface area (Å²) in [6.45, 7) is 7.06. The smallest absolute Gasteiger partial charge is 0.226 e. The molecule has 1 saturated carbocycles. The number of amides is 1. The van der Waals surface area contributed by atoms with Gasteiger partial charge in [-0.1, -0.05) is 12.8 Å². The van der Waals surface area contributed by atoms with Crippen LogP contribution in [0.2, 0.25) is 0 Å². The molecular formula is C12H22N2O. The Bertz CT molecular complexity index is 244. The zero-order valence-corrected chi connectivity index (χ0v) is 9.88. The Morgan fingerprint density at radius 2 is 2.00 bits per heavy atom. The molecule has 1 aliphatic heterocycles. The van der Waals surface area contributed by atoms with Crippen molar-refractivity contribution in [1.29, 1.82) is 0 Å². The molecule has 0 bridgehead atoms. The summed E-state index contributed by atoms with van der Waals surface area (Å²) in [5.74, 6) is 0.723. The van der Waals surface area contributed by atoms with E-state index in [0.717, 1.165) is 32.5 Å². The first-order valence-corrected chi connectivity index (χ1v) is 6.13. The van der Waals surface area contributed by atoms with Gasteiger partial charge in [0, 0.05) is 31.1 Å². The van der Waals surface area contributed by atoms with Gasteiger partial charge in [0.2, 0.25) is 5.91 Å². The molecular weight excluding hydrogens is 188 g/mol. The Morgan fingerprint density at radius 1 is 1.33 bits per heavy atom. The van der Waals surface area contributed by atoms with Crippen molar-refractivity contribution in [3.8, 4) is 0 Å². The van der Waals surface area contributed by atoms with E-state index in [-0.39, 0.29) is 5.54 Å². The molecule has 0 radical (unpaired) electrons. The van der Waals surface area contributed by atoms with Crippen molar-refractivity contribution in [1.82, 2.24) is 10.2 Å². The van der Waals surface area contributed by atoms with Crippen molar-refractivity contribution in [3.05, 3.63) is 0 Å². The van der Waals surface area contributed by atoms with Gasteiger partial charge in [0.1, 0.15) is 0 Å². The lowest BCUT2D eigenvalue weighted by atomic mass is 9.96. The molecule has 3 nitrogen and oxygen atoms in total. The molecule has 0 spiro atoms. The number of nitrogens with zero attached hydrogens (tertiary/aromatic N) is 1. The molecule has 0 atom stereocenters. The Morgan fingerprint density at radius 3 is 2.60 bits per heavy atom. The summed E-state index contributed by atoms with van der Waals surface area (Å²) in [5, 5.41) is 3.36. The van der Waals surface area contributed by atoms with Crippen molar-refractivity contribution < 1.29 is 4.79 Å². The summed E-state index contributed by atoms with van der Waals surface area (Å²) in [4.78, 5) is 14.4. The van der Waals surface area contributed by atoms with Crippen LogP contribution in [0.3, 0.4) is 0 Å². The van der Waals surface area contributed by atoms with Crippen LogP contribution in [0.15, 0.2) is 0 Å². The SMILES string of the molecule is CC1(C)CNCCN1C(=O)C1CCCC1. The molecule has 0 aromatic rings. The molecule has 0 aromatic carbocycles. The summed E-state index contributed by atoms with van der Waals surface area (Å²) < 4.78 is 0. The predicted molar refractivity (Wildman–Crippen MR) is 60.6 cm³/mol. The van der Waals surface area contributed by atoms with Crippen molar-refractivity contribution in [2.24, 2.45) is 5.92 Å². The second kappa shape index (κ2) is 4.12. The Balaban J connectivity index is 2.04. The number of carbonyl (C=O) groups is 1. The highest BCUT2D eigenvalue weighted by Crippen LogP contribution is 2.29. The van der Waals surface area contributed by atoms with Crippen LogP contribution in [0.4, 0.5) is 0 Å². The third-order valence-electron chi connectivity index (χ3n) is 3.77. The normalized spacial score (nSPS) is 26.9. The summed E-state index contributed by atoms with van der Waals surface area (Å²) in [7, 11) is 0. The van der Waals surface area contributed by atoms with Gasteiger partial charge < -0.3 is 10.2 Å². The van der Waals surface area contributed by atoms with Crippen LogP contribution >= 0.6 is 0 Å². The van der Waals surface area contributed by atoms with Crippen LogP contribution in [-0.2, 0) is 4.79 Å². The van der Waals surface area contributed by atoms with E-state index in [4.69, 9.17) is 0 Å². The van der Waals surface area contributed by atoms with Gasteiger partial charge in [0.15, 0.2) is 0 Å². The number of nitrogens with one attached hydrogen (secondary N) is 1. The number of hydrogen-bond acceptors (Lipinski definition) is 2. The Hall–Kier alpha value is -0.570. The van der Waals surface area contributed by atoms with Crippen molar-refractivity contribution in [2.45, 2.75) is 45.1 Å². The second-order valence-corrected chi connectivity index (χ2v) is 5.46. The molecule has 2 aliphatic rings. The second-order valence-electron chi connectivity index (χ2n) is 5.46. The number of carbonyl (C=O) groups excluding carboxylic acids is 1. The minimum atomic E-state index is -0.00206. The lowest BCUT2D eigenvalue weighted by molar-refractivity contribution is -0.142. The molecule has 1 saturated heterocycles. The fourth-order valence-electron chi connectivity index (χ4n) is 2.78. The van der Waals surface area contributed by atoms with Gasteiger partial charge in [-0.3, -0.25) is 4.79 Å². The van der Waals surface area contributed by atoms with Crippen LogP contribution < -0.4 is 5.32 Å². The number of rotatable bonds is 1. The summed E-state index contributed by atoms with van der Waals surface area (Å²) in [5.41, 5.74) is -0.00206. The molecule has 1 heterocycles. The van der Waals surface area contributed by atoms with Crippen LogP contribution in [0.5, 0.6) is 0 Å². The van der Waals surface area contributed by atoms with Gasteiger partial charge >= 0.3 is 0 Å². The van der Waals surface area contributed by atoms with E-state index in [1.54, 1.807) is 0 Å². The molecule has 3 heteroatoms. The molecule has 2 rings (SSSR count). The molecule has 1 amide bonds.